The number of hydrogen-bond acceptors (Lipinski definition) is 3. The van der Waals surface area contributed by atoms with Crippen LogP contribution in [0.2, 0.25) is 0 Å². The highest BCUT2D eigenvalue weighted by Gasteiger charge is 1.90. The number of thioether (sulfide) groups is 1. The highest BCUT2D eigenvalue weighted by atomic mass is 32.2. The van der Waals surface area contributed by atoms with Crippen LogP contribution >= 0.6 is 11.8 Å². The van der Waals surface area contributed by atoms with Crippen LogP contribution in [0.3, 0.4) is 0 Å². The van der Waals surface area contributed by atoms with E-state index in [1.807, 2.05) is 0 Å². The summed E-state index contributed by atoms with van der Waals surface area (Å²) in [6.45, 7) is 0.600. The number of nitrogens with zero attached hydrogens (tertiary/aromatic N) is 1. The first-order chi connectivity index (χ1) is 5.13. The summed E-state index contributed by atoms with van der Waals surface area (Å²) < 4.78 is 0. The van der Waals surface area contributed by atoms with Gasteiger partial charge in [0.15, 0.2) is 11.1 Å². The van der Waals surface area contributed by atoms with Gasteiger partial charge in [-0.05, 0) is 6.42 Å². The van der Waals surface area contributed by atoms with Gasteiger partial charge in [0, 0.05) is 12.3 Å². The van der Waals surface area contributed by atoms with Crippen molar-refractivity contribution in [3.8, 4) is 0 Å². The lowest BCUT2D eigenvalue weighted by Crippen LogP contribution is -2.23. The van der Waals surface area contributed by atoms with Crippen LogP contribution in [0.5, 0.6) is 0 Å². The Hall–Kier alpha value is -0.910. The van der Waals surface area contributed by atoms with Gasteiger partial charge in [-0.15, -0.1) is 0 Å². The summed E-state index contributed by atoms with van der Waals surface area (Å²) in [6.07, 6.45) is 0.835. The minimum absolute atomic E-state index is 0.109. The molecule has 0 saturated carbocycles. The molecule has 0 saturated heterocycles. The third kappa shape index (κ3) is 9.09. The Morgan fingerprint density at radius 2 is 2.00 bits per heavy atom. The van der Waals surface area contributed by atoms with Crippen molar-refractivity contribution in [2.75, 3.05) is 12.3 Å². The Balaban J connectivity index is 3.15. The zero-order valence-corrected chi connectivity index (χ0v) is 7.03. The lowest BCUT2D eigenvalue weighted by atomic mass is 10.5. The maximum atomic E-state index is 6.87. The van der Waals surface area contributed by atoms with Gasteiger partial charge in [0.25, 0.3) is 0 Å². The molecule has 6 heteroatoms. The SMILES string of the molecule is N=C(N)SCCCN=C(N)N. The second kappa shape index (κ2) is 5.84. The van der Waals surface area contributed by atoms with Crippen molar-refractivity contribution in [2.24, 2.45) is 22.2 Å². The lowest BCUT2D eigenvalue weighted by Gasteiger charge is -1.95. The number of rotatable bonds is 4. The van der Waals surface area contributed by atoms with E-state index in [-0.39, 0.29) is 11.1 Å². The average Bonchev–Trinajstić information content (AvgIpc) is 1.85. The van der Waals surface area contributed by atoms with E-state index < -0.39 is 0 Å². The molecule has 7 N–H and O–H groups in total. The molecule has 0 bridgehead atoms. The van der Waals surface area contributed by atoms with Crippen LogP contribution in [0.25, 0.3) is 0 Å². The summed E-state index contributed by atoms with van der Waals surface area (Å²) in [4.78, 5) is 3.77. The molecule has 0 aliphatic rings. The lowest BCUT2D eigenvalue weighted by molar-refractivity contribution is 0.939. The molecular formula is C5H13N5S. The topological polar surface area (TPSA) is 114 Å². The van der Waals surface area contributed by atoms with E-state index in [2.05, 4.69) is 4.99 Å². The third-order valence-electron chi connectivity index (χ3n) is 0.854. The average molecular weight is 175 g/mol. The van der Waals surface area contributed by atoms with Gasteiger partial charge >= 0.3 is 0 Å². The number of amidine groups is 1. The van der Waals surface area contributed by atoms with Gasteiger partial charge in [0.05, 0.1) is 0 Å². The van der Waals surface area contributed by atoms with Crippen molar-refractivity contribution in [1.29, 1.82) is 5.41 Å². The summed E-state index contributed by atoms with van der Waals surface area (Å²) in [5.41, 5.74) is 15.3. The Bertz CT molecular complexity index is 151. The maximum absolute atomic E-state index is 6.87. The molecule has 0 aromatic carbocycles. The van der Waals surface area contributed by atoms with E-state index >= 15 is 0 Å². The van der Waals surface area contributed by atoms with Crippen LogP contribution in [0.1, 0.15) is 6.42 Å². The molecule has 0 spiro atoms. The molecular weight excluding hydrogens is 162 g/mol. The van der Waals surface area contributed by atoms with Gasteiger partial charge in [-0.2, -0.15) is 0 Å². The number of nitrogens with one attached hydrogen (secondary N) is 1. The number of hydrogen-bond donors (Lipinski definition) is 4. The van der Waals surface area contributed by atoms with Crippen LogP contribution < -0.4 is 17.2 Å². The predicted molar refractivity (Wildman–Crippen MR) is 49.7 cm³/mol. The normalized spacial score (nSPS) is 9.09. The Kier molecular flexibility index (Phi) is 5.36. The van der Waals surface area contributed by atoms with Gasteiger partial charge in [0.1, 0.15) is 0 Å². The number of aliphatic imine (C=N–C) groups is 1. The maximum Gasteiger partial charge on any atom is 0.185 e. The second-order valence-corrected chi connectivity index (χ2v) is 3.01. The molecule has 0 unspecified atom stereocenters. The van der Waals surface area contributed by atoms with Crippen LogP contribution in [0.15, 0.2) is 4.99 Å². The highest BCUT2D eigenvalue weighted by Crippen LogP contribution is 1.99. The summed E-state index contributed by atoms with van der Waals surface area (Å²) in [5, 5.41) is 7.00. The smallest absolute Gasteiger partial charge is 0.185 e. The first-order valence-corrected chi connectivity index (χ1v) is 4.13. The Morgan fingerprint density at radius 3 is 2.45 bits per heavy atom. The zero-order valence-electron chi connectivity index (χ0n) is 6.21. The fourth-order valence-electron chi connectivity index (χ4n) is 0.455. The van der Waals surface area contributed by atoms with Crippen molar-refractivity contribution in [2.45, 2.75) is 6.42 Å². The van der Waals surface area contributed by atoms with Crippen LogP contribution in [0.4, 0.5) is 0 Å². The molecule has 11 heavy (non-hydrogen) atoms. The summed E-state index contributed by atoms with van der Waals surface area (Å²) in [5.74, 6) is 0.893. The fourth-order valence-corrected chi connectivity index (χ4v) is 0.948. The molecule has 0 fully saturated rings. The molecule has 0 aliphatic heterocycles. The molecule has 0 radical (unpaired) electrons. The van der Waals surface area contributed by atoms with E-state index in [4.69, 9.17) is 22.6 Å². The van der Waals surface area contributed by atoms with Gasteiger partial charge < -0.3 is 17.2 Å². The van der Waals surface area contributed by atoms with Crippen molar-refractivity contribution >= 4 is 22.9 Å². The van der Waals surface area contributed by atoms with Gasteiger partial charge in [-0.3, -0.25) is 10.4 Å². The van der Waals surface area contributed by atoms with E-state index in [9.17, 15) is 0 Å². The van der Waals surface area contributed by atoms with E-state index in [0.717, 1.165) is 12.2 Å². The van der Waals surface area contributed by atoms with Crippen molar-refractivity contribution < 1.29 is 0 Å². The van der Waals surface area contributed by atoms with Crippen LogP contribution in [-0.2, 0) is 0 Å². The highest BCUT2D eigenvalue weighted by molar-refractivity contribution is 8.13. The molecule has 0 aliphatic carbocycles. The molecule has 0 atom stereocenters. The number of guanidine groups is 1. The van der Waals surface area contributed by atoms with Crippen LogP contribution in [0, 0.1) is 5.41 Å². The largest absolute Gasteiger partial charge is 0.379 e. The van der Waals surface area contributed by atoms with Gasteiger partial charge in [-0.1, -0.05) is 11.8 Å². The molecule has 0 rings (SSSR count). The van der Waals surface area contributed by atoms with Crippen molar-refractivity contribution in [1.82, 2.24) is 0 Å². The van der Waals surface area contributed by atoms with Crippen molar-refractivity contribution in [3.63, 3.8) is 0 Å². The van der Waals surface area contributed by atoms with E-state index in [1.165, 1.54) is 11.8 Å². The zero-order chi connectivity index (χ0) is 8.69. The van der Waals surface area contributed by atoms with Crippen molar-refractivity contribution in [3.05, 3.63) is 0 Å². The molecule has 5 nitrogen and oxygen atoms in total. The first kappa shape index (κ1) is 10.1. The van der Waals surface area contributed by atoms with E-state index in [1.54, 1.807) is 0 Å². The summed E-state index contributed by atoms with van der Waals surface area (Å²) in [6, 6.07) is 0. The summed E-state index contributed by atoms with van der Waals surface area (Å²) in [7, 11) is 0. The Labute approximate surface area is 69.9 Å². The third-order valence-corrected chi connectivity index (χ3v) is 1.66. The molecule has 0 amide bonds. The van der Waals surface area contributed by atoms with Gasteiger partial charge in [0.2, 0.25) is 0 Å². The second-order valence-electron chi connectivity index (χ2n) is 1.87. The van der Waals surface area contributed by atoms with Crippen LogP contribution in [-0.4, -0.2) is 23.4 Å². The fraction of sp³-hybridized carbons (Fsp3) is 0.600. The minimum Gasteiger partial charge on any atom is -0.379 e. The first-order valence-electron chi connectivity index (χ1n) is 3.15. The standard InChI is InChI=1S/C5H13N5S/c6-4(7)10-2-1-3-11-5(8)9/h1-3H2,(H3,8,9)(H4,6,7,10). The molecule has 64 valence electrons. The number of nitrogens with two attached hydrogens (primary N) is 3. The monoisotopic (exact) mass is 175 g/mol. The molecule has 0 aromatic heterocycles. The van der Waals surface area contributed by atoms with Gasteiger partial charge in [-0.25, -0.2) is 0 Å². The minimum atomic E-state index is 0.109. The predicted octanol–water partition coefficient (Wildman–Crippen LogP) is -0.723. The molecule has 0 aromatic rings. The quantitative estimate of drug-likeness (QED) is 0.256. The Morgan fingerprint density at radius 1 is 1.36 bits per heavy atom. The molecule has 0 heterocycles. The van der Waals surface area contributed by atoms with E-state index in [0.29, 0.717) is 6.54 Å². The summed E-state index contributed by atoms with van der Waals surface area (Å²) >= 11 is 1.29.